The molecule has 1 aromatic heterocycles. The SMILES string of the molecule is CCCc1nc(NC)c(C)c(N(C)CC(F)(F)F)n1. The van der Waals surface area contributed by atoms with Crippen molar-refractivity contribution in [2.45, 2.75) is 32.9 Å². The third-order valence-corrected chi connectivity index (χ3v) is 2.65. The van der Waals surface area contributed by atoms with Crippen LogP contribution in [0.5, 0.6) is 0 Å². The van der Waals surface area contributed by atoms with Gasteiger partial charge < -0.3 is 10.2 Å². The maximum absolute atomic E-state index is 12.5. The smallest absolute Gasteiger partial charge is 0.373 e. The fourth-order valence-electron chi connectivity index (χ4n) is 1.84. The summed E-state index contributed by atoms with van der Waals surface area (Å²) in [7, 11) is 3.08. The first-order chi connectivity index (χ1) is 8.78. The van der Waals surface area contributed by atoms with Gasteiger partial charge in [0.2, 0.25) is 0 Å². The van der Waals surface area contributed by atoms with E-state index >= 15 is 0 Å². The molecule has 0 unspecified atom stereocenters. The molecule has 1 aromatic rings. The van der Waals surface area contributed by atoms with Gasteiger partial charge in [-0.2, -0.15) is 13.2 Å². The van der Waals surface area contributed by atoms with Crippen LogP contribution in [-0.2, 0) is 6.42 Å². The minimum Gasteiger partial charge on any atom is -0.373 e. The Bertz CT molecular complexity index is 432. The number of nitrogens with one attached hydrogen (secondary N) is 1. The van der Waals surface area contributed by atoms with E-state index in [9.17, 15) is 13.2 Å². The van der Waals surface area contributed by atoms with E-state index in [0.29, 0.717) is 29.4 Å². The third kappa shape index (κ3) is 4.25. The van der Waals surface area contributed by atoms with Crippen molar-refractivity contribution >= 4 is 11.6 Å². The van der Waals surface area contributed by atoms with Gasteiger partial charge in [0.25, 0.3) is 0 Å². The van der Waals surface area contributed by atoms with Gasteiger partial charge in [-0.1, -0.05) is 6.92 Å². The van der Waals surface area contributed by atoms with Crippen LogP contribution < -0.4 is 10.2 Å². The van der Waals surface area contributed by atoms with E-state index in [1.165, 1.54) is 7.05 Å². The highest BCUT2D eigenvalue weighted by Gasteiger charge is 2.30. The quantitative estimate of drug-likeness (QED) is 0.898. The standard InChI is InChI=1S/C12H19F3N4/c1-5-6-9-17-10(16-3)8(2)11(18-9)19(4)7-12(13,14)15/h5-7H2,1-4H3,(H,16,17,18). The number of nitrogens with zero attached hydrogens (tertiary/aromatic N) is 3. The van der Waals surface area contributed by atoms with Crippen molar-refractivity contribution < 1.29 is 13.2 Å². The number of alkyl halides is 3. The molecule has 1 rings (SSSR count). The Morgan fingerprint density at radius 1 is 1.26 bits per heavy atom. The van der Waals surface area contributed by atoms with Crippen LogP contribution in [0.3, 0.4) is 0 Å². The number of halogens is 3. The zero-order chi connectivity index (χ0) is 14.6. The number of aryl methyl sites for hydroxylation is 1. The monoisotopic (exact) mass is 276 g/mol. The second-order valence-electron chi connectivity index (χ2n) is 4.41. The van der Waals surface area contributed by atoms with Gasteiger partial charge >= 0.3 is 6.18 Å². The first-order valence-electron chi connectivity index (χ1n) is 6.11. The molecule has 0 spiro atoms. The Morgan fingerprint density at radius 3 is 2.37 bits per heavy atom. The van der Waals surface area contributed by atoms with Gasteiger partial charge in [-0.15, -0.1) is 0 Å². The number of aromatic nitrogens is 2. The van der Waals surface area contributed by atoms with Gasteiger partial charge in [0.1, 0.15) is 24.0 Å². The van der Waals surface area contributed by atoms with Crippen molar-refractivity contribution in [2.24, 2.45) is 0 Å². The summed E-state index contributed by atoms with van der Waals surface area (Å²) in [5.41, 5.74) is 0.620. The molecular weight excluding hydrogens is 257 g/mol. The Morgan fingerprint density at radius 2 is 1.89 bits per heavy atom. The van der Waals surface area contributed by atoms with Crippen LogP contribution in [0.15, 0.2) is 0 Å². The lowest BCUT2D eigenvalue weighted by atomic mass is 10.2. The summed E-state index contributed by atoms with van der Waals surface area (Å²) in [6.45, 7) is 2.66. The molecule has 0 fully saturated rings. The summed E-state index contributed by atoms with van der Waals surface area (Å²) < 4.78 is 37.4. The molecule has 7 heteroatoms. The molecular formula is C12H19F3N4. The van der Waals surface area contributed by atoms with E-state index in [4.69, 9.17) is 0 Å². The number of rotatable bonds is 5. The molecule has 0 amide bonds. The summed E-state index contributed by atoms with van der Waals surface area (Å²) in [5, 5.41) is 2.89. The molecule has 0 saturated heterocycles. The highest BCUT2D eigenvalue weighted by atomic mass is 19.4. The van der Waals surface area contributed by atoms with Crippen LogP contribution in [0, 0.1) is 6.92 Å². The van der Waals surface area contributed by atoms with Gasteiger partial charge in [0.15, 0.2) is 0 Å². The van der Waals surface area contributed by atoms with Gasteiger partial charge in [-0.05, 0) is 13.3 Å². The molecule has 0 aromatic carbocycles. The summed E-state index contributed by atoms with van der Waals surface area (Å²) in [5.74, 6) is 1.45. The first-order valence-corrected chi connectivity index (χ1v) is 6.11. The average molecular weight is 276 g/mol. The van der Waals surface area contributed by atoms with Crippen LogP contribution in [0.2, 0.25) is 0 Å². The van der Waals surface area contributed by atoms with Crippen molar-refractivity contribution in [2.75, 3.05) is 30.9 Å². The molecule has 19 heavy (non-hydrogen) atoms. The van der Waals surface area contributed by atoms with E-state index in [2.05, 4.69) is 15.3 Å². The lowest BCUT2D eigenvalue weighted by Crippen LogP contribution is -2.32. The maximum Gasteiger partial charge on any atom is 0.405 e. The van der Waals surface area contributed by atoms with E-state index in [1.807, 2.05) is 6.92 Å². The fourth-order valence-corrected chi connectivity index (χ4v) is 1.84. The van der Waals surface area contributed by atoms with Crippen LogP contribution in [0.1, 0.15) is 24.7 Å². The minimum absolute atomic E-state index is 0.320. The summed E-state index contributed by atoms with van der Waals surface area (Å²) in [6.07, 6.45) is -2.77. The van der Waals surface area contributed by atoms with E-state index in [1.54, 1.807) is 14.0 Å². The Labute approximate surface area is 111 Å². The van der Waals surface area contributed by atoms with Crippen molar-refractivity contribution in [3.05, 3.63) is 11.4 Å². The number of anilines is 2. The Kier molecular flexibility index (Phi) is 4.97. The van der Waals surface area contributed by atoms with Crippen LogP contribution in [0.25, 0.3) is 0 Å². The molecule has 1 heterocycles. The number of hydrogen-bond donors (Lipinski definition) is 1. The van der Waals surface area contributed by atoms with Crippen LogP contribution >= 0.6 is 0 Å². The molecule has 0 radical (unpaired) electrons. The summed E-state index contributed by atoms with van der Waals surface area (Å²) >= 11 is 0. The summed E-state index contributed by atoms with van der Waals surface area (Å²) in [4.78, 5) is 9.63. The van der Waals surface area contributed by atoms with E-state index in [-0.39, 0.29) is 0 Å². The van der Waals surface area contributed by atoms with Gasteiger partial charge in [0, 0.05) is 26.1 Å². The van der Waals surface area contributed by atoms with Crippen molar-refractivity contribution in [3.63, 3.8) is 0 Å². The lowest BCUT2D eigenvalue weighted by Gasteiger charge is -2.23. The second kappa shape index (κ2) is 6.08. The highest BCUT2D eigenvalue weighted by Crippen LogP contribution is 2.26. The van der Waals surface area contributed by atoms with Crippen LogP contribution in [0.4, 0.5) is 24.8 Å². The highest BCUT2D eigenvalue weighted by molar-refractivity contribution is 5.58. The average Bonchev–Trinajstić information content (AvgIpc) is 2.29. The molecule has 0 aliphatic carbocycles. The molecule has 0 aliphatic heterocycles. The largest absolute Gasteiger partial charge is 0.405 e. The molecule has 0 atom stereocenters. The predicted octanol–water partition coefficient (Wildman–Crippen LogP) is 2.78. The van der Waals surface area contributed by atoms with Gasteiger partial charge in [-0.3, -0.25) is 0 Å². The normalized spacial score (nSPS) is 11.5. The predicted molar refractivity (Wildman–Crippen MR) is 69.6 cm³/mol. The Hall–Kier alpha value is -1.53. The Balaban J connectivity index is 3.13. The van der Waals surface area contributed by atoms with E-state index < -0.39 is 12.7 Å². The van der Waals surface area contributed by atoms with Gasteiger partial charge in [-0.25, -0.2) is 9.97 Å². The van der Waals surface area contributed by atoms with Crippen LogP contribution in [-0.4, -0.2) is 36.8 Å². The molecule has 0 bridgehead atoms. The van der Waals surface area contributed by atoms with Crippen molar-refractivity contribution in [1.82, 2.24) is 9.97 Å². The lowest BCUT2D eigenvalue weighted by molar-refractivity contribution is -0.119. The molecule has 108 valence electrons. The fraction of sp³-hybridized carbons (Fsp3) is 0.667. The van der Waals surface area contributed by atoms with Crippen molar-refractivity contribution in [1.29, 1.82) is 0 Å². The van der Waals surface area contributed by atoms with Gasteiger partial charge in [0.05, 0.1) is 0 Å². The third-order valence-electron chi connectivity index (χ3n) is 2.65. The zero-order valence-electron chi connectivity index (χ0n) is 11.6. The summed E-state index contributed by atoms with van der Waals surface area (Å²) in [6, 6.07) is 0. The first kappa shape index (κ1) is 15.5. The molecule has 0 saturated carbocycles. The second-order valence-corrected chi connectivity index (χ2v) is 4.41. The molecule has 1 N–H and O–H groups in total. The van der Waals surface area contributed by atoms with E-state index in [0.717, 1.165) is 11.3 Å². The van der Waals surface area contributed by atoms with Crippen molar-refractivity contribution in [3.8, 4) is 0 Å². The molecule has 4 nitrogen and oxygen atoms in total. The minimum atomic E-state index is -4.25. The molecule has 0 aliphatic rings. The maximum atomic E-state index is 12.5. The number of hydrogen-bond acceptors (Lipinski definition) is 4. The topological polar surface area (TPSA) is 41.1 Å². The zero-order valence-corrected chi connectivity index (χ0v) is 11.6.